The Kier molecular flexibility index (Phi) is 5.66. The summed E-state index contributed by atoms with van der Waals surface area (Å²) in [5.41, 5.74) is 1.04. The van der Waals surface area contributed by atoms with Crippen LogP contribution in [0.2, 0.25) is 5.02 Å². The number of ether oxygens (including phenoxy) is 1. The Balaban J connectivity index is 1.87. The van der Waals surface area contributed by atoms with E-state index in [1.165, 1.54) is 6.92 Å². The third-order valence-electron chi connectivity index (χ3n) is 3.62. The summed E-state index contributed by atoms with van der Waals surface area (Å²) in [4.78, 5) is 25.1. The molecule has 2 amide bonds. The first-order chi connectivity index (χ1) is 10.5. The number of nitrogens with zero attached hydrogens (tertiary/aromatic N) is 1. The zero-order valence-electron chi connectivity index (χ0n) is 12.9. The second kappa shape index (κ2) is 7.49. The van der Waals surface area contributed by atoms with Crippen LogP contribution >= 0.6 is 11.6 Å². The fourth-order valence-electron chi connectivity index (χ4n) is 2.56. The molecule has 6 heteroatoms. The smallest absolute Gasteiger partial charge is 0.260 e. The fourth-order valence-corrected chi connectivity index (χ4v) is 2.85. The molecule has 0 spiro atoms. The Morgan fingerprint density at radius 1 is 1.45 bits per heavy atom. The van der Waals surface area contributed by atoms with Gasteiger partial charge in [-0.25, -0.2) is 0 Å². The molecule has 1 aliphatic rings. The predicted octanol–water partition coefficient (Wildman–Crippen LogP) is 2.15. The van der Waals surface area contributed by atoms with Crippen molar-refractivity contribution in [3.8, 4) is 5.75 Å². The van der Waals surface area contributed by atoms with Gasteiger partial charge in [0.1, 0.15) is 5.75 Å². The van der Waals surface area contributed by atoms with E-state index >= 15 is 0 Å². The molecule has 1 heterocycles. The highest BCUT2D eigenvalue weighted by molar-refractivity contribution is 6.32. The van der Waals surface area contributed by atoms with Crippen molar-refractivity contribution < 1.29 is 14.3 Å². The number of halogens is 1. The standard InChI is InChI=1S/C16H21ClN2O3/c1-11-5-6-15(14(17)8-11)22-10-16(21)19-7-3-4-13(9-19)18-12(2)20/h5-6,8,13H,3-4,7,9-10H2,1-2H3,(H,18,20)/t13-/m1/s1. The van der Waals surface area contributed by atoms with Gasteiger partial charge in [-0.1, -0.05) is 17.7 Å². The minimum Gasteiger partial charge on any atom is -0.482 e. The molecule has 1 aromatic carbocycles. The maximum atomic E-state index is 12.2. The van der Waals surface area contributed by atoms with Gasteiger partial charge in [-0.15, -0.1) is 0 Å². The average Bonchev–Trinajstić information content (AvgIpc) is 2.45. The van der Waals surface area contributed by atoms with E-state index in [2.05, 4.69) is 5.32 Å². The Labute approximate surface area is 135 Å². The van der Waals surface area contributed by atoms with E-state index in [1.54, 1.807) is 17.0 Å². The van der Waals surface area contributed by atoms with Crippen LogP contribution < -0.4 is 10.1 Å². The Hall–Kier alpha value is -1.75. The van der Waals surface area contributed by atoms with Crippen LogP contribution in [0.5, 0.6) is 5.75 Å². The van der Waals surface area contributed by atoms with Gasteiger partial charge in [-0.3, -0.25) is 9.59 Å². The lowest BCUT2D eigenvalue weighted by molar-refractivity contribution is -0.135. The van der Waals surface area contributed by atoms with Crippen molar-refractivity contribution in [3.63, 3.8) is 0 Å². The highest BCUT2D eigenvalue weighted by Gasteiger charge is 2.24. The first kappa shape index (κ1) is 16.6. The lowest BCUT2D eigenvalue weighted by Crippen LogP contribution is -2.50. The van der Waals surface area contributed by atoms with E-state index in [4.69, 9.17) is 16.3 Å². The van der Waals surface area contributed by atoms with E-state index in [9.17, 15) is 9.59 Å². The molecule has 1 N–H and O–H groups in total. The van der Waals surface area contributed by atoms with Crippen LogP contribution in [-0.4, -0.2) is 42.5 Å². The van der Waals surface area contributed by atoms with E-state index in [0.717, 1.165) is 18.4 Å². The topological polar surface area (TPSA) is 58.6 Å². The van der Waals surface area contributed by atoms with Crippen molar-refractivity contribution >= 4 is 23.4 Å². The Morgan fingerprint density at radius 2 is 2.23 bits per heavy atom. The summed E-state index contributed by atoms with van der Waals surface area (Å²) in [6, 6.07) is 5.48. The molecule has 120 valence electrons. The summed E-state index contributed by atoms with van der Waals surface area (Å²) < 4.78 is 5.51. The van der Waals surface area contributed by atoms with Crippen molar-refractivity contribution in [1.29, 1.82) is 0 Å². The second-order valence-corrected chi connectivity index (χ2v) is 6.01. The summed E-state index contributed by atoms with van der Waals surface area (Å²) in [6.45, 7) is 4.61. The highest BCUT2D eigenvalue weighted by atomic mass is 35.5. The van der Waals surface area contributed by atoms with Gasteiger partial charge < -0.3 is 15.0 Å². The lowest BCUT2D eigenvalue weighted by Gasteiger charge is -2.33. The molecule has 1 aliphatic heterocycles. The summed E-state index contributed by atoms with van der Waals surface area (Å²) in [5.74, 6) is 0.352. The van der Waals surface area contributed by atoms with Gasteiger partial charge >= 0.3 is 0 Å². The SMILES string of the molecule is CC(=O)N[C@@H]1CCCN(C(=O)COc2ccc(C)cc2Cl)C1. The van der Waals surface area contributed by atoms with Gasteiger partial charge in [-0.05, 0) is 37.5 Å². The molecular weight excluding hydrogens is 304 g/mol. The number of carbonyl (C=O) groups excluding carboxylic acids is 2. The summed E-state index contributed by atoms with van der Waals surface area (Å²) in [6.07, 6.45) is 1.77. The molecule has 22 heavy (non-hydrogen) atoms. The van der Waals surface area contributed by atoms with Gasteiger partial charge in [0.25, 0.3) is 5.91 Å². The zero-order chi connectivity index (χ0) is 16.1. The lowest BCUT2D eigenvalue weighted by atomic mass is 10.1. The molecule has 0 saturated carbocycles. The minimum atomic E-state index is -0.0910. The van der Waals surface area contributed by atoms with Gasteiger partial charge in [0.05, 0.1) is 5.02 Å². The van der Waals surface area contributed by atoms with Crippen molar-refractivity contribution in [1.82, 2.24) is 10.2 Å². The van der Waals surface area contributed by atoms with E-state index in [1.807, 2.05) is 13.0 Å². The zero-order valence-corrected chi connectivity index (χ0v) is 13.7. The van der Waals surface area contributed by atoms with Crippen LogP contribution in [0, 0.1) is 6.92 Å². The number of hydrogen-bond donors (Lipinski definition) is 1. The monoisotopic (exact) mass is 324 g/mol. The second-order valence-electron chi connectivity index (χ2n) is 5.60. The van der Waals surface area contributed by atoms with Gasteiger partial charge in [0, 0.05) is 26.1 Å². The van der Waals surface area contributed by atoms with Crippen LogP contribution in [-0.2, 0) is 9.59 Å². The third-order valence-corrected chi connectivity index (χ3v) is 3.92. The highest BCUT2D eigenvalue weighted by Crippen LogP contribution is 2.25. The number of carbonyl (C=O) groups is 2. The number of likely N-dealkylation sites (tertiary alicyclic amines) is 1. The molecule has 0 aromatic heterocycles. The van der Waals surface area contributed by atoms with Crippen molar-refractivity contribution in [3.05, 3.63) is 28.8 Å². The first-order valence-electron chi connectivity index (χ1n) is 7.39. The largest absolute Gasteiger partial charge is 0.482 e. The summed E-state index contributed by atoms with van der Waals surface area (Å²) >= 11 is 6.08. The molecule has 5 nitrogen and oxygen atoms in total. The normalized spacial score (nSPS) is 18.0. The molecule has 1 aromatic rings. The van der Waals surface area contributed by atoms with Crippen LogP contribution in [0.15, 0.2) is 18.2 Å². The number of amides is 2. The number of hydrogen-bond acceptors (Lipinski definition) is 3. The Morgan fingerprint density at radius 3 is 2.91 bits per heavy atom. The number of rotatable bonds is 4. The molecule has 0 bridgehead atoms. The molecule has 2 rings (SSSR count). The fraction of sp³-hybridized carbons (Fsp3) is 0.500. The maximum Gasteiger partial charge on any atom is 0.260 e. The molecule has 1 saturated heterocycles. The van der Waals surface area contributed by atoms with Crippen molar-refractivity contribution in [2.45, 2.75) is 32.7 Å². The van der Waals surface area contributed by atoms with E-state index < -0.39 is 0 Å². The number of nitrogens with one attached hydrogen (secondary N) is 1. The van der Waals surface area contributed by atoms with Gasteiger partial charge in [-0.2, -0.15) is 0 Å². The van der Waals surface area contributed by atoms with Crippen molar-refractivity contribution in [2.75, 3.05) is 19.7 Å². The van der Waals surface area contributed by atoms with Gasteiger partial charge in [0.15, 0.2) is 6.61 Å². The van der Waals surface area contributed by atoms with E-state index in [0.29, 0.717) is 23.9 Å². The summed E-state index contributed by atoms with van der Waals surface area (Å²) in [5, 5.41) is 3.36. The van der Waals surface area contributed by atoms with Gasteiger partial charge in [0.2, 0.25) is 5.91 Å². The molecule has 0 radical (unpaired) electrons. The molecule has 1 fully saturated rings. The third kappa shape index (κ3) is 4.63. The van der Waals surface area contributed by atoms with Crippen LogP contribution in [0.25, 0.3) is 0 Å². The quantitative estimate of drug-likeness (QED) is 0.923. The first-order valence-corrected chi connectivity index (χ1v) is 7.77. The van der Waals surface area contributed by atoms with Crippen LogP contribution in [0.4, 0.5) is 0 Å². The Bertz CT molecular complexity index is 562. The minimum absolute atomic E-state index is 0.0261. The maximum absolute atomic E-state index is 12.2. The molecule has 0 aliphatic carbocycles. The molecular formula is C16H21ClN2O3. The number of benzene rings is 1. The molecule has 0 unspecified atom stereocenters. The summed E-state index contributed by atoms with van der Waals surface area (Å²) in [7, 11) is 0. The van der Waals surface area contributed by atoms with Crippen LogP contribution in [0.3, 0.4) is 0 Å². The number of piperidine rings is 1. The van der Waals surface area contributed by atoms with E-state index in [-0.39, 0.29) is 24.5 Å². The van der Waals surface area contributed by atoms with Crippen LogP contribution in [0.1, 0.15) is 25.3 Å². The predicted molar refractivity (Wildman–Crippen MR) is 85.1 cm³/mol. The molecule has 1 atom stereocenters. The number of aryl methyl sites for hydroxylation is 1. The van der Waals surface area contributed by atoms with Crippen molar-refractivity contribution in [2.24, 2.45) is 0 Å². The average molecular weight is 325 g/mol.